The summed E-state index contributed by atoms with van der Waals surface area (Å²) in [5.74, 6) is 0.739. The number of carbonyl (C=O) groups is 1. The molecule has 0 saturated heterocycles. The molecule has 24 heavy (non-hydrogen) atoms. The SMILES string of the molecule is CCCOC1(C(=O)Nc2ccc(OCCOC)cc2)CCCCC1. The Morgan fingerprint density at radius 1 is 1.08 bits per heavy atom. The minimum absolute atomic E-state index is 0.0244. The first-order chi connectivity index (χ1) is 11.7. The molecule has 0 aliphatic heterocycles. The highest BCUT2D eigenvalue weighted by Gasteiger charge is 2.40. The summed E-state index contributed by atoms with van der Waals surface area (Å²) in [7, 11) is 1.64. The third kappa shape index (κ3) is 5.21. The van der Waals surface area contributed by atoms with Crippen molar-refractivity contribution in [3.8, 4) is 5.75 Å². The quantitative estimate of drug-likeness (QED) is 0.698. The van der Waals surface area contributed by atoms with Gasteiger partial charge in [-0.3, -0.25) is 4.79 Å². The second kappa shape index (κ2) is 9.64. The summed E-state index contributed by atoms with van der Waals surface area (Å²) in [5, 5.41) is 3.01. The third-order valence-corrected chi connectivity index (χ3v) is 4.33. The molecule has 134 valence electrons. The van der Waals surface area contributed by atoms with Crippen LogP contribution in [0.2, 0.25) is 0 Å². The summed E-state index contributed by atoms with van der Waals surface area (Å²) < 4.78 is 16.5. The fraction of sp³-hybridized carbons (Fsp3) is 0.632. The van der Waals surface area contributed by atoms with E-state index in [4.69, 9.17) is 14.2 Å². The fourth-order valence-corrected chi connectivity index (χ4v) is 2.98. The first-order valence-corrected chi connectivity index (χ1v) is 8.87. The van der Waals surface area contributed by atoms with Crippen LogP contribution in [0.15, 0.2) is 24.3 Å². The van der Waals surface area contributed by atoms with Crippen molar-refractivity contribution in [2.75, 3.05) is 32.2 Å². The van der Waals surface area contributed by atoms with Crippen molar-refractivity contribution in [2.45, 2.75) is 51.0 Å². The monoisotopic (exact) mass is 335 g/mol. The molecule has 0 heterocycles. The molecule has 1 fully saturated rings. The van der Waals surface area contributed by atoms with Gasteiger partial charge in [0.05, 0.1) is 6.61 Å². The van der Waals surface area contributed by atoms with Crippen LogP contribution in [0, 0.1) is 0 Å². The molecule has 0 radical (unpaired) electrons. The maximum Gasteiger partial charge on any atom is 0.256 e. The first-order valence-electron chi connectivity index (χ1n) is 8.87. The molecule has 1 aliphatic rings. The summed E-state index contributed by atoms with van der Waals surface area (Å²) in [5.41, 5.74) is 0.103. The molecule has 0 atom stereocenters. The summed E-state index contributed by atoms with van der Waals surface area (Å²) in [6, 6.07) is 7.42. The molecule has 2 rings (SSSR count). The Bertz CT molecular complexity index is 495. The average molecular weight is 335 g/mol. The van der Waals surface area contributed by atoms with Crippen molar-refractivity contribution in [3.63, 3.8) is 0 Å². The average Bonchev–Trinajstić information content (AvgIpc) is 2.62. The van der Waals surface area contributed by atoms with E-state index < -0.39 is 5.60 Å². The molecular formula is C19H29NO4. The third-order valence-electron chi connectivity index (χ3n) is 4.33. The topological polar surface area (TPSA) is 56.8 Å². The van der Waals surface area contributed by atoms with Crippen LogP contribution in [-0.4, -0.2) is 38.4 Å². The molecule has 5 nitrogen and oxygen atoms in total. The highest BCUT2D eigenvalue weighted by Crippen LogP contribution is 2.33. The molecule has 1 saturated carbocycles. The lowest BCUT2D eigenvalue weighted by atomic mass is 9.83. The van der Waals surface area contributed by atoms with E-state index in [2.05, 4.69) is 12.2 Å². The zero-order valence-electron chi connectivity index (χ0n) is 14.8. The normalized spacial score (nSPS) is 16.6. The summed E-state index contributed by atoms with van der Waals surface area (Å²) in [4.78, 5) is 12.8. The highest BCUT2D eigenvalue weighted by molar-refractivity contribution is 5.97. The zero-order chi connectivity index (χ0) is 17.3. The van der Waals surface area contributed by atoms with Crippen LogP contribution in [0.5, 0.6) is 5.75 Å². The standard InChI is InChI=1S/C19H29NO4/c1-3-13-24-19(11-5-4-6-12-19)18(21)20-16-7-9-17(10-8-16)23-15-14-22-2/h7-10H,3-6,11-15H2,1-2H3,(H,20,21). The molecule has 1 aromatic rings. The largest absolute Gasteiger partial charge is 0.491 e. The Balaban J connectivity index is 1.95. The van der Waals surface area contributed by atoms with E-state index in [9.17, 15) is 4.79 Å². The van der Waals surface area contributed by atoms with Gasteiger partial charge in [0, 0.05) is 19.4 Å². The molecule has 0 bridgehead atoms. The van der Waals surface area contributed by atoms with Crippen LogP contribution < -0.4 is 10.1 Å². The van der Waals surface area contributed by atoms with E-state index in [0.717, 1.165) is 43.5 Å². The predicted molar refractivity (Wildman–Crippen MR) is 94.5 cm³/mol. The highest BCUT2D eigenvalue weighted by atomic mass is 16.5. The van der Waals surface area contributed by atoms with E-state index in [1.807, 2.05) is 24.3 Å². The number of ether oxygens (including phenoxy) is 3. The number of amides is 1. The molecule has 0 aromatic heterocycles. The lowest BCUT2D eigenvalue weighted by Gasteiger charge is -2.35. The van der Waals surface area contributed by atoms with Crippen molar-refractivity contribution >= 4 is 11.6 Å². The first kappa shape index (κ1) is 18.7. The Kier molecular flexibility index (Phi) is 7.53. The second-order valence-corrected chi connectivity index (χ2v) is 6.22. The van der Waals surface area contributed by atoms with Gasteiger partial charge in [-0.1, -0.05) is 26.2 Å². The van der Waals surface area contributed by atoms with E-state index in [-0.39, 0.29) is 5.91 Å². The molecule has 0 unspecified atom stereocenters. The number of nitrogens with one attached hydrogen (secondary N) is 1. The van der Waals surface area contributed by atoms with Gasteiger partial charge in [-0.25, -0.2) is 0 Å². The van der Waals surface area contributed by atoms with E-state index in [1.54, 1.807) is 7.11 Å². The van der Waals surface area contributed by atoms with Gasteiger partial charge < -0.3 is 19.5 Å². The van der Waals surface area contributed by atoms with Gasteiger partial charge in [0.25, 0.3) is 5.91 Å². The molecule has 0 spiro atoms. The van der Waals surface area contributed by atoms with Gasteiger partial charge in [-0.2, -0.15) is 0 Å². The lowest BCUT2D eigenvalue weighted by molar-refractivity contribution is -0.146. The van der Waals surface area contributed by atoms with Crippen molar-refractivity contribution in [1.29, 1.82) is 0 Å². The van der Waals surface area contributed by atoms with E-state index in [1.165, 1.54) is 6.42 Å². The van der Waals surface area contributed by atoms with E-state index >= 15 is 0 Å². The smallest absolute Gasteiger partial charge is 0.256 e. The van der Waals surface area contributed by atoms with Crippen LogP contribution in [0.3, 0.4) is 0 Å². The Labute approximate surface area is 144 Å². The minimum atomic E-state index is -0.665. The maximum atomic E-state index is 12.8. The number of rotatable bonds is 9. The zero-order valence-corrected chi connectivity index (χ0v) is 14.8. The van der Waals surface area contributed by atoms with Gasteiger partial charge in [0.1, 0.15) is 18.0 Å². The van der Waals surface area contributed by atoms with Crippen molar-refractivity contribution < 1.29 is 19.0 Å². The summed E-state index contributed by atoms with van der Waals surface area (Å²) >= 11 is 0. The van der Waals surface area contributed by atoms with E-state index in [0.29, 0.717) is 19.8 Å². The molecule has 1 N–H and O–H groups in total. The van der Waals surface area contributed by atoms with Crippen LogP contribution >= 0.6 is 0 Å². The van der Waals surface area contributed by atoms with Gasteiger partial charge in [-0.05, 0) is 43.5 Å². The van der Waals surface area contributed by atoms with Crippen molar-refractivity contribution in [2.24, 2.45) is 0 Å². The predicted octanol–water partition coefficient (Wildman–Crippen LogP) is 3.78. The molecule has 5 heteroatoms. The lowest BCUT2D eigenvalue weighted by Crippen LogP contribution is -2.47. The molecule has 1 aliphatic carbocycles. The van der Waals surface area contributed by atoms with Gasteiger partial charge >= 0.3 is 0 Å². The van der Waals surface area contributed by atoms with Gasteiger partial charge in [-0.15, -0.1) is 0 Å². The van der Waals surface area contributed by atoms with Crippen LogP contribution in [-0.2, 0) is 14.3 Å². The molecule has 1 aromatic carbocycles. The number of methoxy groups -OCH3 is 1. The number of carbonyl (C=O) groups excluding carboxylic acids is 1. The van der Waals surface area contributed by atoms with Crippen LogP contribution in [0.25, 0.3) is 0 Å². The number of benzene rings is 1. The van der Waals surface area contributed by atoms with Crippen molar-refractivity contribution in [3.05, 3.63) is 24.3 Å². The summed E-state index contributed by atoms with van der Waals surface area (Å²) in [6.07, 6.45) is 5.79. The van der Waals surface area contributed by atoms with Crippen molar-refractivity contribution in [1.82, 2.24) is 0 Å². The van der Waals surface area contributed by atoms with Gasteiger partial charge in [0.15, 0.2) is 0 Å². The Morgan fingerprint density at radius 3 is 2.42 bits per heavy atom. The Morgan fingerprint density at radius 2 is 1.79 bits per heavy atom. The number of anilines is 1. The fourth-order valence-electron chi connectivity index (χ4n) is 2.98. The minimum Gasteiger partial charge on any atom is -0.491 e. The molecule has 1 amide bonds. The number of hydrogen-bond donors (Lipinski definition) is 1. The molecular weight excluding hydrogens is 306 g/mol. The van der Waals surface area contributed by atoms with Crippen LogP contribution in [0.4, 0.5) is 5.69 Å². The van der Waals surface area contributed by atoms with Gasteiger partial charge in [0.2, 0.25) is 0 Å². The summed E-state index contributed by atoms with van der Waals surface area (Å²) in [6.45, 7) is 3.75. The maximum absolute atomic E-state index is 12.8. The van der Waals surface area contributed by atoms with Crippen LogP contribution in [0.1, 0.15) is 45.4 Å². The number of hydrogen-bond acceptors (Lipinski definition) is 4. The second-order valence-electron chi connectivity index (χ2n) is 6.22. The Hall–Kier alpha value is -1.59.